The number of piperidine rings is 1. The number of nitrogens with zero attached hydrogens (tertiary/aromatic N) is 2. The maximum Gasteiger partial charge on any atom is 0.264 e. The minimum Gasteiger partial charge on any atom is -0.338 e. The number of amides is 1. The Labute approximate surface area is 155 Å². The van der Waals surface area contributed by atoms with E-state index >= 15 is 0 Å². The van der Waals surface area contributed by atoms with Crippen molar-refractivity contribution in [3.8, 4) is 0 Å². The quantitative estimate of drug-likeness (QED) is 0.876. The normalized spacial score (nSPS) is 19.5. The number of hydrogen-bond acceptors (Lipinski definition) is 4. The number of nitrogens with one attached hydrogen (secondary N) is 1. The van der Waals surface area contributed by atoms with E-state index in [0.29, 0.717) is 5.41 Å². The van der Waals surface area contributed by atoms with Gasteiger partial charge in [0.15, 0.2) is 0 Å². The second kappa shape index (κ2) is 8.67. The fraction of sp³-hybridized carbons (Fsp3) is 0.688. The molecule has 2 fully saturated rings. The Morgan fingerprint density at radius 1 is 1.30 bits per heavy atom. The highest BCUT2D eigenvalue weighted by Gasteiger charge is 2.38. The summed E-state index contributed by atoms with van der Waals surface area (Å²) in [4.78, 5) is 17.9. The van der Waals surface area contributed by atoms with Crippen molar-refractivity contribution < 1.29 is 4.79 Å². The third-order valence-corrected chi connectivity index (χ3v) is 5.82. The first-order valence-corrected chi connectivity index (χ1v) is 8.69. The van der Waals surface area contributed by atoms with Gasteiger partial charge in [0.05, 0.1) is 4.88 Å². The van der Waals surface area contributed by atoms with Gasteiger partial charge in [-0.15, -0.1) is 36.2 Å². The summed E-state index contributed by atoms with van der Waals surface area (Å²) in [6, 6.07) is 2.09. The van der Waals surface area contributed by atoms with Crippen molar-refractivity contribution >= 4 is 42.1 Å². The summed E-state index contributed by atoms with van der Waals surface area (Å²) >= 11 is 1.59. The van der Waals surface area contributed by atoms with Crippen LogP contribution in [0.15, 0.2) is 11.4 Å². The van der Waals surface area contributed by atoms with Crippen molar-refractivity contribution in [2.75, 3.05) is 40.3 Å². The summed E-state index contributed by atoms with van der Waals surface area (Å²) in [6.07, 6.45) is 3.58. The van der Waals surface area contributed by atoms with Crippen LogP contribution >= 0.6 is 36.2 Å². The van der Waals surface area contributed by atoms with E-state index in [1.165, 1.54) is 6.42 Å². The van der Waals surface area contributed by atoms with Crippen LogP contribution in [-0.2, 0) is 6.54 Å². The molecule has 1 spiro atoms. The van der Waals surface area contributed by atoms with E-state index in [4.69, 9.17) is 0 Å². The molecule has 0 saturated carbocycles. The number of rotatable bonds is 3. The van der Waals surface area contributed by atoms with Crippen molar-refractivity contribution in [3.05, 3.63) is 21.9 Å². The molecular formula is C16H27Cl2N3OS. The first-order chi connectivity index (χ1) is 10.1. The molecule has 0 radical (unpaired) electrons. The summed E-state index contributed by atoms with van der Waals surface area (Å²) in [5.41, 5.74) is 1.64. The molecule has 2 aliphatic heterocycles. The van der Waals surface area contributed by atoms with Gasteiger partial charge >= 0.3 is 0 Å². The van der Waals surface area contributed by atoms with Crippen LogP contribution in [0.3, 0.4) is 0 Å². The predicted octanol–water partition coefficient (Wildman–Crippen LogP) is 2.87. The van der Waals surface area contributed by atoms with Crippen LogP contribution in [0.5, 0.6) is 0 Å². The van der Waals surface area contributed by atoms with Gasteiger partial charge in [0.25, 0.3) is 5.91 Å². The van der Waals surface area contributed by atoms with Gasteiger partial charge in [-0.2, -0.15) is 0 Å². The largest absolute Gasteiger partial charge is 0.338 e. The molecule has 23 heavy (non-hydrogen) atoms. The van der Waals surface area contributed by atoms with Gasteiger partial charge in [-0.25, -0.2) is 0 Å². The molecule has 132 valence electrons. The standard InChI is InChI=1S/C16H25N3OS.2ClH/c1-18(2)11-13-3-10-21-14(13)15(20)19-8-5-16(6-9-19)4-7-17-12-16;;/h3,10,17H,4-9,11-12H2,1-2H3;2*1H. The summed E-state index contributed by atoms with van der Waals surface area (Å²) in [5, 5.41) is 5.52. The van der Waals surface area contributed by atoms with Crippen LogP contribution in [0, 0.1) is 5.41 Å². The second-order valence-electron chi connectivity index (χ2n) is 6.73. The van der Waals surface area contributed by atoms with Gasteiger partial charge in [0.1, 0.15) is 0 Å². The first kappa shape index (κ1) is 20.7. The minimum absolute atomic E-state index is 0. The van der Waals surface area contributed by atoms with Crippen LogP contribution in [0.25, 0.3) is 0 Å². The monoisotopic (exact) mass is 379 g/mol. The molecule has 0 unspecified atom stereocenters. The molecule has 7 heteroatoms. The smallest absolute Gasteiger partial charge is 0.264 e. The van der Waals surface area contributed by atoms with E-state index in [-0.39, 0.29) is 30.7 Å². The van der Waals surface area contributed by atoms with E-state index in [2.05, 4.69) is 21.2 Å². The fourth-order valence-electron chi connectivity index (χ4n) is 3.54. The lowest BCUT2D eigenvalue weighted by Gasteiger charge is -2.38. The Morgan fingerprint density at radius 3 is 2.57 bits per heavy atom. The van der Waals surface area contributed by atoms with Crippen molar-refractivity contribution in [2.45, 2.75) is 25.8 Å². The lowest BCUT2D eigenvalue weighted by Crippen LogP contribution is -2.44. The average molecular weight is 380 g/mol. The molecule has 0 bridgehead atoms. The molecule has 1 aromatic heterocycles. The molecular weight excluding hydrogens is 353 g/mol. The molecule has 4 nitrogen and oxygen atoms in total. The van der Waals surface area contributed by atoms with Crippen molar-refractivity contribution in [1.29, 1.82) is 0 Å². The number of carbonyl (C=O) groups is 1. The SMILES string of the molecule is CN(C)Cc1ccsc1C(=O)N1CCC2(CCNC2)CC1.Cl.Cl. The Kier molecular flexibility index (Phi) is 7.81. The molecule has 0 aromatic carbocycles. The highest BCUT2D eigenvalue weighted by Crippen LogP contribution is 2.37. The van der Waals surface area contributed by atoms with E-state index in [1.807, 2.05) is 19.5 Å². The van der Waals surface area contributed by atoms with Crippen LogP contribution in [-0.4, -0.2) is 56.0 Å². The maximum absolute atomic E-state index is 12.8. The van der Waals surface area contributed by atoms with Gasteiger partial charge in [0, 0.05) is 26.2 Å². The number of carbonyl (C=O) groups excluding carboxylic acids is 1. The molecule has 1 N–H and O–H groups in total. The molecule has 3 rings (SSSR count). The Hall–Kier alpha value is -0.330. The number of halogens is 2. The lowest BCUT2D eigenvalue weighted by atomic mass is 9.78. The number of thiophene rings is 1. The van der Waals surface area contributed by atoms with E-state index < -0.39 is 0 Å². The van der Waals surface area contributed by atoms with Gasteiger partial charge in [-0.1, -0.05) is 0 Å². The Balaban J connectivity index is 0.00000132. The summed E-state index contributed by atoms with van der Waals surface area (Å²) < 4.78 is 0. The molecule has 1 aromatic rings. The van der Waals surface area contributed by atoms with Gasteiger partial charge in [0.2, 0.25) is 0 Å². The fourth-order valence-corrected chi connectivity index (χ4v) is 4.42. The highest BCUT2D eigenvalue weighted by molar-refractivity contribution is 7.12. The molecule has 0 atom stereocenters. The Morgan fingerprint density at radius 2 is 2.00 bits per heavy atom. The molecule has 3 heterocycles. The summed E-state index contributed by atoms with van der Waals surface area (Å²) in [6.45, 7) is 4.96. The number of hydrogen-bond donors (Lipinski definition) is 1. The van der Waals surface area contributed by atoms with Crippen molar-refractivity contribution in [2.24, 2.45) is 5.41 Å². The summed E-state index contributed by atoms with van der Waals surface area (Å²) in [7, 11) is 4.09. The maximum atomic E-state index is 12.8. The van der Waals surface area contributed by atoms with Gasteiger partial charge < -0.3 is 15.1 Å². The zero-order chi connectivity index (χ0) is 14.9. The van der Waals surface area contributed by atoms with Crippen LogP contribution < -0.4 is 5.32 Å². The zero-order valence-corrected chi connectivity index (χ0v) is 16.3. The van der Waals surface area contributed by atoms with E-state index in [1.54, 1.807) is 11.3 Å². The van der Waals surface area contributed by atoms with Gasteiger partial charge in [-0.3, -0.25) is 4.79 Å². The van der Waals surface area contributed by atoms with Crippen LogP contribution in [0.2, 0.25) is 0 Å². The molecule has 2 saturated heterocycles. The molecule has 1 amide bonds. The van der Waals surface area contributed by atoms with Crippen LogP contribution in [0.4, 0.5) is 0 Å². The molecule has 0 aliphatic carbocycles. The van der Waals surface area contributed by atoms with Gasteiger partial charge in [-0.05, 0) is 62.3 Å². The van der Waals surface area contributed by atoms with Crippen molar-refractivity contribution in [3.63, 3.8) is 0 Å². The Bertz CT molecular complexity index is 505. The zero-order valence-electron chi connectivity index (χ0n) is 13.8. The van der Waals surface area contributed by atoms with Crippen LogP contribution in [0.1, 0.15) is 34.5 Å². The van der Waals surface area contributed by atoms with E-state index in [0.717, 1.165) is 56.0 Å². The van der Waals surface area contributed by atoms with E-state index in [9.17, 15) is 4.79 Å². The first-order valence-electron chi connectivity index (χ1n) is 7.81. The average Bonchev–Trinajstić information content (AvgIpc) is 3.08. The third-order valence-electron chi connectivity index (χ3n) is 4.87. The molecule has 2 aliphatic rings. The predicted molar refractivity (Wildman–Crippen MR) is 101 cm³/mol. The minimum atomic E-state index is 0. The third kappa shape index (κ3) is 4.60. The second-order valence-corrected chi connectivity index (χ2v) is 7.65. The number of likely N-dealkylation sites (tertiary alicyclic amines) is 1. The highest BCUT2D eigenvalue weighted by atomic mass is 35.5. The topological polar surface area (TPSA) is 35.6 Å². The summed E-state index contributed by atoms with van der Waals surface area (Å²) in [5.74, 6) is 0.239. The lowest BCUT2D eigenvalue weighted by molar-refractivity contribution is 0.0611. The van der Waals surface area contributed by atoms with Crippen molar-refractivity contribution in [1.82, 2.24) is 15.1 Å².